The Hall–Kier alpha value is -2.50. The molecule has 25 heavy (non-hydrogen) atoms. The van der Waals surface area contributed by atoms with E-state index in [2.05, 4.69) is 5.32 Å². The van der Waals surface area contributed by atoms with Gasteiger partial charge in [0.05, 0.1) is 12.1 Å². The number of hydrogen-bond donors (Lipinski definition) is 1. The molecule has 2 aromatic rings. The van der Waals surface area contributed by atoms with Crippen LogP contribution in [0.5, 0.6) is 5.75 Å². The molecule has 0 aliphatic carbocycles. The lowest BCUT2D eigenvalue weighted by Crippen LogP contribution is -2.20. The van der Waals surface area contributed by atoms with Crippen LogP contribution in [0.2, 0.25) is 10.0 Å². The number of rotatable bonds is 6. The highest BCUT2D eigenvalue weighted by Crippen LogP contribution is 2.27. The zero-order chi connectivity index (χ0) is 18.2. The van der Waals surface area contributed by atoms with Gasteiger partial charge in [0.1, 0.15) is 5.75 Å². The van der Waals surface area contributed by atoms with Crippen molar-refractivity contribution in [1.29, 1.82) is 0 Å². The molecule has 0 radical (unpaired) electrons. The van der Waals surface area contributed by atoms with Crippen molar-refractivity contribution in [1.82, 2.24) is 0 Å². The number of nitrogens with one attached hydrogen (secondary N) is 1. The minimum atomic E-state index is -0.650. The molecule has 2 rings (SSSR count). The average Bonchev–Trinajstić information content (AvgIpc) is 2.59. The molecular formula is C18H15Cl2NO4. The van der Waals surface area contributed by atoms with Gasteiger partial charge in [-0.05, 0) is 35.9 Å². The summed E-state index contributed by atoms with van der Waals surface area (Å²) in [6.45, 7) is -0.421. The van der Waals surface area contributed by atoms with Crippen molar-refractivity contribution in [3.8, 4) is 5.75 Å². The Kier molecular flexibility index (Phi) is 6.86. The van der Waals surface area contributed by atoms with Crippen molar-refractivity contribution in [2.75, 3.05) is 19.0 Å². The highest BCUT2D eigenvalue weighted by molar-refractivity contribution is 6.32. The summed E-state index contributed by atoms with van der Waals surface area (Å²) in [5.41, 5.74) is 1.15. The molecule has 0 heterocycles. The molecule has 5 nitrogen and oxygen atoms in total. The van der Waals surface area contributed by atoms with Crippen LogP contribution in [0, 0.1) is 0 Å². The molecule has 7 heteroatoms. The molecule has 0 saturated carbocycles. The molecule has 0 atom stereocenters. The van der Waals surface area contributed by atoms with Crippen molar-refractivity contribution in [3.63, 3.8) is 0 Å². The van der Waals surface area contributed by atoms with Crippen molar-refractivity contribution in [2.24, 2.45) is 0 Å². The van der Waals surface area contributed by atoms with Gasteiger partial charge < -0.3 is 14.8 Å². The monoisotopic (exact) mass is 379 g/mol. The normalized spacial score (nSPS) is 10.5. The Bertz CT molecular complexity index is 805. The van der Waals surface area contributed by atoms with E-state index in [-0.39, 0.29) is 0 Å². The summed E-state index contributed by atoms with van der Waals surface area (Å²) in [4.78, 5) is 23.5. The Labute approximate surface area is 155 Å². The molecule has 130 valence electrons. The number of hydrogen-bond acceptors (Lipinski definition) is 4. The summed E-state index contributed by atoms with van der Waals surface area (Å²) in [5.74, 6) is -0.639. The predicted molar refractivity (Wildman–Crippen MR) is 98.1 cm³/mol. The minimum absolute atomic E-state index is 0.361. The van der Waals surface area contributed by atoms with E-state index < -0.39 is 18.5 Å². The second-order valence-corrected chi connectivity index (χ2v) is 5.67. The van der Waals surface area contributed by atoms with E-state index in [1.807, 2.05) is 0 Å². The number of methoxy groups -OCH3 is 1. The van der Waals surface area contributed by atoms with E-state index in [9.17, 15) is 9.59 Å². The van der Waals surface area contributed by atoms with Crippen molar-refractivity contribution < 1.29 is 19.1 Å². The third-order valence-electron chi connectivity index (χ3n) is 3.09. The average molecular weight is 380 g/mol. The number of amides is 1. The smallest absolute Gasteiger partial charge is 0.331 e. The lowest BCUT2D eigenvalue weighted by Gasteiger charge is -2.08. The summed E-state index contributed by atoms with van der Waals surface area (Å²) < 4.78 is 9.90. The van der Waals surface area contributed by atoms with E-state index in [0.717, 1.165) is 0 Å². The van der Waals surface area contributed by atoms with Crippen LogP contribution in [-0.2, 0) is 14.3 Å². The summed E-state index contributed by atoms with van der Waals surface area (Å²) in [5, 5.41) is 3.45. The van der Waals surface area contributed by atoms with E-state index in [1.54, 1.807) is 36.4 Å². The number of carbonyl (C=O) groups is 2. The van der Waals surface area contributed by atoms with Crippen LogP contribution in [0.15, 0.2) is 48.5 Å². The summed E-state index contributed by atoms with van der Waals surface area (Å²) in [6, 6.07) is 11.8. The van der Waals surface area contributed by atoms with Crippen LogP contribution >= 0.6 is 23.2 Å². The lowest BCUT2D eigenvalue weighted by molar-refractivity contribution is -0.142. The highest BCUT2D eigenvalue weighted by atomic mass is 35.5. The van der Waals surface area contributed by atoms with Gasteiger partial charge in [0.25, 0.3) is 5.91 Å². The first kappa shape index (κ1) is 18.8. The Morgan fingerprint density at radius 1 is 1.12 bits per heavy atom. The molecule has 0 bridgehead atoms. The number of esters is 1. The van der Waals surface area contributed by atoms with E-state index in [0.29, 0.717) is 27.0 Å². The zero-order valence-corrected chi connectivity index (χ0v) is 14.8. The van der Waals surface area contributed by atoms with Gasteiger partial charge in [-0.25, -0.2) is 4.79 Å². The molecule has 0 fully saturated rings. The van der Waals surface area contributed by atoms with Gasteiger partial charge in [-0.3, -0.25) is 4.79 Å². The van der Waals surface area contributed by atoms with Crippen LogP contribution < -0.4 is 10.1 Å². The maximum absolute atomic E-state index is 11.8. The first-order valence-corrected chi connectivity index (χ1v) is 7.98. The summed E-state index contributed by atoms with van der Waals surface area (Å²) in [6.07, 6.45) is 2.73. The molecule has 0 aliphatic rings. The predicted octanol–water partition coefficient (Wildman–Crippen LogP) is 4.20. The number of halogens is 2. The molecular weight excluding hydrogens is 365 g/mol. The standard InChI is InChI=1S/C18H15Cl2NO4/c1-24-16-8-7-13(10-15(16)20)21-17(22)11-25-18(23)9-6-12-4-2-3-5-14(12)19/h2-10H,11H2,1H3,(H,21,22)/b9-6+. The van der Waals surface area contributed by atoms with Gasteiger partial charge in [-0.1, -0.05) is 41.4 Å². The van der Waals surface area contributed by atoms with E-state index in [1.165, 1.54) is 25.3 Å². The molecule has 0 spiro atoms. The summed E-state index contributed by atoms with van der Waals surface area (Å²) in [7, 11) is 1.50. The quantitative estimate of drug-likeness (QED) is 0.603. The number of anilines is 1. The van der Waals surface area contributed by atoms with Crippen LogP contribution in [0.4, 0.5) is 5.69 Å². The maximum Gasteiger partial charge on any atom is 0.331 e. The largest absolute Gasteiger partial charge is 0.495 e. The molecule has 0 aliphatic heterocycles. The SMILES string of the molecule is COc1ccc(NC(=O)COC(=O)/C=C/c2ccccc2Cl)cc1Cl. The second kappa shape index (κ2) is 9.11. The first-order valence-electron chi connectivity index (χ1n) is 7.22. The Balaban J connectivity index is 1.84. The Morgan fingerprint density at radius 3 is 2.56 bits per heavy atom. The fourth-order valence-corrected chi connectivity index (χ4v) is 2.35. The zero-order valence-electron chi connectivity index (χ0n) is 13.3. The lowest BCUT2D eigenvalue weighted by atomic mass is 10.2. The number of ether oxygens (including phenoxy) is 2. The molecule has 2 aromatic carbocycles. The van der Waals surface area contributed by atoms with Gasteiger partial charge in [0, 0.05) is 16.8 Å². The van der Waals surface area contributed by atoms with Gasteiger partial charge in [0.2, 0.25) is 0 Å². The maximum atomic E-state index is 11.8. The Morgan fingerprint density at radius 2 is 1.88 bits per heavy atom. The van der Waals surface area contributed by atoms with E-state index in [4.69, 9.17) is 32.7 Å². The van der Waals surface area contributed by atoms with Gasteiger partial charge in [0.15, 0.2) is 6.61 Å². The van der Waals surface area contributed by atoms with E-state index >= 15 is 0 Å². The first-order chi connectivity index (χ1) is 12.0. The molecule has 0 aromatic heterocycles. The van der Waals surface area contributed by atoms with Gasteiger partial charge in [-0.2, -0.15) is 0 Å². The van der Waals surface area contributed by atoms with Gasteiger partial charge in [-0.15, -0.1) is 0 Å². The van der Waals surface area contributed by atoms with Crippen LogP contribution in [0.3, 0.4) is 0 Å². The van der Waals surface area contributed by atoms with Crippen molar-refractivity contribution in [2.45, 2.75) is 0 Å². The minimum Gasteiger partial charge on any atom is -0.495 e. The number of benzene rings is 2. The number of carbonyl (C=O) groups excluding carboxylic acids is 2. The summed E-state index contributed by atoms with van der Waals surface area (Å²) >= 11 is 11.9. The van der Waals surface area contributed by atoms with Crippen LogP contribution in [0.25, 0.3) is 6.08 Å². The third-order valence-corrected chi connectivity index (χ3v) is 3.72. The van der Waals surface area contributed by atoms with Gasteiger partial charge >= 0.3 is 5.97 Å². The molecule has 1 N–H and O–H groups in total. The fraction of sp³-hybridized carbons (Fsp3) is 0.111. The third kappa shape index (κ3) is 5.81. The molecule has 0 saturated heterocycles. The van der Waals surface area contributed by atoms with Crippen LogP contribution in [-0.4, -0.2) is 25.6 Å². The fourth-order valence-electron chi connectivity index (χ4n) is 1.89. The van der Waals surface area contributed by atoms with Crippen molar-refractivity contribution in [3.05, 3.63) is 64.1 Å². The molecule has 1 amide bonds. The van der Waals surface area contributed by atoms with Crippen molar-refractivity contribution >= 4 is 46.8 Å². The molecule has 0 unspecified atom stereocenters. The topological polar surface area (TPSA) is 64.6 Å². The second-order valence-electron chi connectivity index (χ2n) is 4.86. The highest BCUT2D eigenvalue weighted by Gasteiger charge is 2.08. The van der Waals surface area contributed by atoms with Crippen LogP contribution in [0.1, 0.15) is 5.56 Å².